The number of aromatic nitrogens is 3. The molecule has 0 atom stereocenters. The molecule has 1 aliphatic carbocycles. The topological polar surface area (TPSA) is 88.0 Å². The second-order valence-corrected chi connectivity index (χ2v) is 11.2. The van der Waals surface area contributed by atoms with Crippen molar-refractivity contribution in [2.75, 3.05) is 0 Å². The minimum absolute atomic E-state index is 0.118. The molecule has 4 rings (SSSR count). The summed E-state index contributed by atoms with van der Waals surface area (Å²) in [7, 11) is -2.51. The SMILES string of the molecule is CC(C)(C)c1cc(-n2nc3c(=S(=O)=O)c(-c4ccccc4)ccc-3[nH]2)c(O)c(C(C)(C)C)c1. The van der Waals surface area contributed by atoms with Crippen LogP contribution in [0, 0.1) is 4.51 Å². The van der Waals surface area contributed by atoms with Crippen molar-refractivity contribution < 1.29 is 13.5 Å². The number of fused-ring (bicyclic) bond motifs is 1. The van der Waals surface area contributed by atoms with Crippen molar-refractivity contribution in [1.29, 1.82) is 0 Å². The van der Waals surface area contributed by atoms with Crippen molar-refractivity contribution >= 4 is 10.3 Å². The molecule has 0 amide bonds. The molecule has 2 aliphatic rings. The molecule has 33 heavy (non-hydrogen) atoms. The quantitative estimate of drug-likeness (QED) is 0.374. The van der Waals surface area contributed by atoms with Crippen LogP contribution in [0.1, 0.15) is 52.7 Å². The summed E-state index contributed by atoms with van der Waals surface area (Å²) in [4.78, 5) is 1.47. The zero-order valence-corrected chi connectivity index (χ0v) is 20.6. The van der Waals surface area contributed by atoms with Gasteiger partial charge in [0.1, 0.15) is 21.6 Å². The largest absolute Gasteiger partial charge is 0.505 e. The van der Waals surface area contributed by atoms with Crippen molar-refractivity contribution in [3.63, 3.8) is 0 Å². The highest BCUT2D eigenvalue weighted by Crippen LogP contribution is 2.39. The van der Waals surface area contributed by atoms with E-state index < -0.39 is 10.3 Å². The Balaban J connectivity index is 2.05. The van der Waals surface area contributed by atoms with Crippen LogP contribution in [-0.4, -0.2) is 28.5 Å². The number of aromatic hydroxyl groups is 1. The number of phenolic OH excluding ortho intramolecular Hbond substituents is 1. The molecule has 0 bridgehead atoms. The van der Waals surface area contributed by atoms with Crippen LogP contribution in [0.3, 0.4) is 0 Å². The molecule has 0 fully saturated rings. The number of rotatable bonds is 2. The van der Waals surface area contributed by atoms with E-state index in [4.69, 9.17) is 0 Å². The fourth-order valence-corrected chi connectivity index (χ4v) is 4.59. The molecule has 0 unspecified atom stereocenters. The van der Waals surface area contributed by atoms with Gasteiger partial charge in [0.25, 0.3) is 0 Å². The zero-order chi connectivity index (χ0) is 24.1. The molecule has 6 nitrogen and oxygen atoms in total. The fraction of sp³-hybridized carbons (Fsp3) is 0.308. The van der Waals surface area contributed by atoms with E-state index in [0.717, 1.165) is 16.7 Å². The van der Waals surface area contributed by atoms with Crippen LogP contribution in [0.25, 0.3) is 28.2 Å². The first-order chi connectivity index (χ1) is 15.4. The third kappa shape index (κ3) is 4.20. The van der Waals surface area contributed by atoms with Crippen LogP contribution in [0.15, 0.2) is 54.6 Å². The lowest BCUT2D eigenvalue weighted by Gasteiger charge is -2.27. The summed E-state index contributed by atoms with van der Waals surface area (Å²) in [6, 6.07) is 16.9. The number of phenols is 1. The Morgan fingerprint density at radius 3 is 2.15 bits per heavy atom. The predicted octanol–water partition coefficient (Wildman–Crippen LogP) is 5.68. The molecular formula is C26H29N3O3S. The monoisotopic (exact) mass is 463 g/mol. The molecule has 0 aromatic heterocycles. The van der Waals surface area contributed by atoms with Gasteiger partial charge >= 0.3 is 0 Å². The number of nitrogens with zero attached hydrogens (tertiary/aromatic N) is 2. The third-order valence-corrected chi connectivity index (χ3v) is 6.55. The summed E-state index contributed by atoms with van der Waals surface area (Å²) in [5.41, 5.74) is 4.13. The maximum atomic E-state index is 12.3. The molecule has 0 spiro atoms. The first-order valence-corrected chi connectivity index (χ1v) is 11.9. The van der Waals surface area contributed by atoms with E-state index in [1.54, 1.807) is 6.07 Å². The minimum Gasteiger partial charge on any atom is -0.505 e. The summed E-state index contributed by atoms with van der Waals surface area (Å²) in [6.07, 6.45) is 0. The third-order valence-electron chi connectivity index (χ3n) is 5.80. The number of nitrogens with one attached hydrogen (secondary N) is 1. The molecule has 1 aliphatic heterocycles. The van der Waals surface area contributed by atoms with Gasteiger partial charge in [0.05, 0.1) is 5.69 Å². The van der Waals surface area contributed by atoms with Crippen molar-refractivity contribution in [3.8, 4) is 34.0 Å². The normalized spacial score (nSPS) is 12.3. The fourth-order valence-electron chi connectivity index (χ4n) is 3.91. The number of benzene rings is 3. The van der Waals surface area contributed by atoms with Gasteiger partial charge in [0.15, 0.2) is 0 Å². The molecule has 172 valence electrons. The van der Waals surface area contributed by atoms with Crippen molar-refractivity contribution in [3.05, 3.63) is 70.2 Å². The Labute approximate surface area is 195 Å². The minimum atomic E-state index is -2.51. The van der Waals surface area contributed by atoms with Gasteiger partial charge in [-0.15, -0.1) is 5.10 Å². The van der Waals surface area contributed by atoms with E-state index in [2.05, 4.69) is 31.0 Å². The van der Waals surface area contributed by atoms with Crippen molar-refractivity contribution in [2.45, 2.75) is 52.4 Å². The average molecular weight is 464 g/mol. The summed E-state index contributed by atoms with van der Waals surface area (Å²) in [6.45, 7) is 12.5. The van der Waals surface area contributed by atoms with Gasteiger partial charge in [0.2, 0.25) is 10.3 Å². The van der Waals surface area contributed by atoms with E-state index in [0.29, 0.717) is 22.6 Å². The van der Waals surface area contributed by atoms with Crippen LogP contribution in [-0.2, 0) is 21.1 Å². The number of aromatic amines is 1. The smallest absolute Gasteiger partial charge is 0.224 e. The summed E-state index contributed by atoms with van der Waals surface area (Å²) >= 11 is 0. The standard InChI is InChI=1S/C26H29N3O3S/c1-25(2,3)17-14-19(26(4,5)6)23(30)21(15-17)29-27-20-13-12-18(16-10-8-7-9-11-16)24(33(31)32)22(20)28-29/h7-15,27,30H,1-6H3. The summed E-state index contributed by atoms with van der Waals surface area (Å²) in [5.74, 6) is 0.118. The lowest BCUT2D eigenvalue weighted by Crippen LogP contribution is -2.18. The zero-order valence-electron chi connectivity index (χ0n) is 19.8. The van der Waals surface area contributed by atoms with E-state index >= 15 is 0 Å². The van der Waals surface area contributed by atoms with Gasteiger partial charge in [-0.25, -0.2) is 0 Å². The number of H-pyrrole nitrogens is 1. The predicted molar refractivity (Wildman–Crippen MR) is 131 cm³/mol. The Morgan fingerprint density at radius 1 is 0.909 bits per heavy atom. The van der Waals surface area contributed by atoms with E-state index in [1.165, 1.54) is 4.80 Å². The highest BCUT2D eigenvalue weighted by Gasteiger charge is 2.27. The van der Waals surface area contributed by atoms with E-state index in [-0.39, 0.29) is 21.1 Å². The molecule has 0 saturated carbocycles. The highest BCUT2D eigenvalue weighted by molar-refractivity contribution is 7.64. The van der Waals surface area contributed by atoms with Gasteiger partial charge in [-0.2, -0.15) is 13.2 Å². The van der Waals surface area contributed by atoms with E-state index in [1.807, 2.05) is 69.3 Å². The highest BCUT2D eigenvalue weighted by atomic mass is 32.2. The van der Waals surface area contributed by atoms with Crippen molar-refractivity contribution in [1.82, 2.24) is 15.0 Å². The Morgan fingerprint density at radius 2 is 1.58 bits per heavy atom. The Hall–Kier alpha value is -3.32. The summed E-state index contributed by atoms with van der Waals surface area (Å²) in [5, 5.41) is 19.0. The maximum Gasteiger partial charge on any atom is 0.224 e. The second-order valence-electron chi connectivity index (χ2n) is 10.4. The average Bonchev–Trinajstić information content (AvgIpc) is 3.15. The van der Waals surface area contributed by atoms with Crippen LogP contribution < -0.4 is 0 Å². The first-order valence-electron chi connectivity index (χ1n) is 10.9. The lowest BCUT2D eigenvalue weighted by molar-refractivity contribution is 0.438. The van der Waals surface area contributed by atoms with Crippen LogP contribution in [0.2, 0.25) is 0 Å². The molecule has 2 N–H and O–H groups in total. The van der Waals surface area contributed by atoms with E-state index in [9.17, 15) is 13.5 Å². The molecule has 7 heteroatoms. The molecule has 0 saturated heterocycles. The molecular weight excluding hydrogens is 434 g/mol. The Bertz CT molecular complexity index is 1470. The molecule has 1 heterocycles. The molecule has 2 aromatic carbocycles. The van der Waals surface area contributed by atoms with Crippen molar-refractivity contribution in [2.24, 2.45) is 0 Å². The number of hydrogen-bond acceptors (Lipinski definition) is 4. The van der Waals surface area contributed by atoms with Crippen LogP contribution >= 0.6 is 0 Å². The van der Waals surface area contributed by atoms with Crippen LogP contribution in [0.4, 0.5) is 0 Å². The van der Waals surface area contributed by atoms with Gasteiger partial charge in [-0.1, -0.05) is 84.0 Å². The first kappa shape index (κ1) is 22.9. The summed E-state index contributed by atoms with van der Waals surface area (Å²) < 4.78 is 24.7. The number of hydrogen-bond donors (Lipinski definition) is 2. The second kappa shape index (κ2) is 7.92. The van der Waals surface area contributed by atoms with Gasteiger partial charge < -0.3 is 5.11 Å². The van der Waals surface area contributed by atoms with Gasteiger partial charge in [-0.05, 0) is 34.1 Å². The maximum absolute atomic E-state index is 12.3. The molecule has 0 radical (unpaired) electrons. The lowest BCUT2D eigenvalue weighted by atomic mass is 9.80. The molecule has 2 aromatic rings. The van der Waals surface area contributed by atoms with Gasteiger partial charge in [-0.3, -0.25) is 5.10 Å². The Kier molecular flexibility index (Phi) is 5.48. The van der Waals surface area contributed by atoms with Gasteiger partial charge in [0, 0.05) is 11.1 Å². The van der Waals surface area contributed by atoms with Crippen LogP contribution in [0.5, 0.6) is 5.75 Å².